The van der Waals surface area contributed by atoms with Gasteiger partial charge in [-0.3, -0.25) is 4.90 Å². The molecule has 176 valence electrons. The summed E-state index contributed by atoms with van der Waals surface area (Å²) < 4.78 is 5.59. The van der Waals surface area contributed by atoms with Crippen LogP contribution < -0.4 is 10.5 Å². The zero-order chi connectivity index (χ0) is 25.3. The topological polar surface area (TPSA) is 110 Å². The van der Waals surface area contributed by atoms with Crippen LogP contribution in [0.25, 0.3) is 10.8 Å². The van der Waals surface area contributed by atoms with Crippen molar-refractivity contribution in [2.45, 2.75) is 12.5 Å². The number of ether oxygens (including phenoxy) is 1. The maximum absolute atomic E-state index is 10.5. The molecule has 0 aromatic heterocycles. The number of hydrogen-bond donors (Lipinski definition) is 1. The fourth-order valence-electron chi connectivity index (χ4n) is 5.80. The van der Waals surface area contributed by atoms with E-state index in [0.717, 1.165) is 34.2 Å². The number of rotatable bonds is 4. The monoisotopic (exact) mass is 471 g/mol. The molecule has 1 aliphatic carbocycles. The Morgan fingerprint density at radius 1 is 0.972 bits per heavy atom. The van der Waals surface area contributed by atoms with Crippen molar-refractivity contribution in [3.8, 4) is 24.0 Å². The van der Waals surface area contributed by atoms with Crippen LogP contribution in [-0.2, 0) is 6.54 Å². The van der Waals surface area contributed by atoms with Gasteiger partial charge < -0.3 is 10.5 Å². The normalized spacial score (nSPS) is 21.0. The van der Waals surface area contributed by atoms with E-state index in [1.54, 1.807) is 7.11 Å². The van der Waals surface area contributed by atoms with Crippen LogP contribution in [0, 0.1) is 45.3 Å². The van der Waals surface area contributed by atoms with Gasteiger partial charge in [0.2, 0.25) is 0 Å². The van der Waals surface area contributed by atoms with Gasteiger partial charge in [0, 0.05) is 36.9 Å². The van der Waals surface area contributed by atoms with E-state index in [1.165, 1.54) is 5.56 Å². The second kappa shape index (κ2) is 9.23. The molecule has 0 amide bonds. The van der Waals surface area contributed by atoms with Crippen LogP contribution in [0.2, 0.25) is 0 Å². The van der Waals surface area contributed by atoms with Crippen LogP contribution in [0.4, 0.5) is 0 Å². The van der Waals surface area contributed by atoms with Crippen LogP contribution >= 0.6 is 0 Å². The first-order valence-corrected chi connectivity index (χ1v) is 11.8. The van der Waals surface area contributed by atoms with Crippen LogP contribution in [0.3, 0.4) is 0 Å². The maximum Gasteiger partial charge on any atom is 0.191 e. The van der Waals surface area contributed by atoms with Crippen LogP contribution in [0.1, 0.15) is 17.0 Å². The lowest BCUT2D eigenvalue weighted by atomic mass is 9.57. The predicted molar refractivity (Wildman–Crippen MR) is 137 cm³/mol. The summed E-state index contributed by atoms with van der Waals surface area (Å²) in [4.78, 5) is 2.29. The molecule has 0 fully saturated rings. The van der Waals surface area contributed by atoms with E-state index in [2.05, 4.69) is 35.2 Å². The van der Waals surface area contributed by atoms with Gasteiger partial charge in [0.1, 0.15) is 11.8 Å². The molecule has 6 heteroatoms. The molecule has 0 saturated carbocycles. The van der Waals surface area contributed by atoms with Gasteiger partial charge in [0.15, 0.2) is 5.41 Å². The van der Waals surface area contributed by atoms with Gasteiger partial charge in [-0.25, -0.2) is 0 Å². The number of hydrogen-bond acceptors (Lipinski definition) is 6. The Balaban J connectivity index is 1.72. The fraction of sp³-hybridized carbons (Fsp3) is 0.233. The lowest BCUT2D eigenvalue weighted by Gasteiger charge is -2.46. The van der Waals surface area contributed by atoms with Crippen LogP contribution in [0.5, 0.6) is 5.75 Å². The minimum absolute atomic E-state index is 0.0407. The van der Waals surface area contributed by atoms with E-state index in [9.17, 15) is 15.8 Å². The summed E-state index contributed by atoms with van der Waals surface area (Å²) in [5.41, 5.74) is 7.99. The van der Waals surface area contributed by atoms with Gasteiger partial charge in [-0.1, -0.05) is 66.7 Å². The second-order valence-corrected chi connectivity index (χ2v) is 9.26. The van der Waals surface area contributed by atoms with Gasteiger partial charge in [0.25, 0.3) is 0 Å². The first-order valence-electron chi connectivity index (χ1n) is 11.8. The standard InChI is InChI=1S/C30H25N5O/c1-36-27-12-11-24(21-9-5-6-10-23(21)27)28-26-17-35(16-20-7-3-2-4-8-20)14-13-22(26)25(15-31)29(34)30(28,18-32)19-33/h2-13,26,28H,14,16-17,34H2,1H3/t26-,28+/m0/s1. The Hall–Kier alpha value is -4.57. The molecule has 2 atom stereocenters. The summed E-state index contributed by atoms with van der Waals surface area (Å²) in [7, 11) is 1.63. The smallest absolute Gasteiger partial charge is 0.191 e. The number of nitrogens with two attached hydrogens (primary N) is 1. The molecule has 3 aromatic carbocycles. The molecular formula is C30H25N5O. The van der Waals surface area contributed by atoms with E-state index in [-0.39, 0.29) is 17.2 Å². The molecule has 0 spiro atoms. The Bertz CT molecular complexity index is 1500. The molecule has 6 nitrogen and oxygen atoms in total. The number of nitrogens with zero attached hydrogens (tertiary/aromatic N) is 4. The van der Waals surface area contributed by atoms with Gasteiger partial charge in [-0.15, -0.1) is 0 Å². The Labute approximate surface area is 210 Å². The van der Waals surface area contributed by atoms with Gasteiger partial charge in [-0.2, -0.15) is 15.8 Å². The van der Waals surface area contributed by atoms with Crippen molar-refractivity contribution in [1.29, 1.82) is 15.8 Å². The molecule has 0 saturated heterocycles. The highest BCUT2D eigenvalue weighted by molar-refractivity contribution is 5.92. The highest BCUT2D eigenvalue weighted by Gasteiger charge is 2.54. The van der Waals surface area contributed by atoms with Gasteiger partial charge >= 0.3 is 0 Å². The third-order valence-corrected chi connectivity index (χ3v) is 7.46. The van der Waals surface area contributed by atoms with E-state index >= 15 is 0 Å². The molecule has 36 heavy (non-hydrogen) atoms. The first kappa shape index (κ1) is 23.2. The Morgan fingerprint density at radius 2 is 1.67 bits per heavy atom. The molecule has 2 N–H and O–H groups in total. The number of fused-ring (bicyclic) bond motifs is 2. The zero-order valence-corrected chi connectivity index (χ0v) is 20.0. The van der Waals surface area contributed by atoms with Crippen molar-refractivity contribution in [3.05, 3.63) is 101 Å². The van der Waals surface area contributed by atoms with Crippen molar-refractivity contribution in [2.75, 3.05) is 20.2 Å². The predicted octanol–water partition coefficient (Wildman–Crippen LogP) is 4.77. The summed E-state index contributed by atoms with van der Waals surface area (Å²) in [6.07, 6.45) is 2.04. The molecule has 1 heterocycles. The Morgan fingerprint density at radius 3 is 2.33 bits per heavy atom. The quantitative estimate of drug-likeness (QED) is 0.587. The third kappa shape index (κ3) is 3.50. The minimum atomic E-state index is -1.68. The summed E-state index contributed by atoms with van der Waals surface area (Å²) in [5.74, 6) is -0.109. The molecule has 0 radical (unpaired) electrons. The number of benzene rings is 3. The molecule has 3 aromatic rings. The van der Waals surface area contributed by atoms with Crippen molar-refractivity contribution in [3.63, 3.8) is 0 Å². The highest BCUT2D eigenvalue weighted by Crippen LogP contribution is 2.55. The van der Waals surface area contributed by atoms with E-state index in [0.29, 0.717) is 13.1 Å². The van der Waals surface area contributed by atoms with Crippen molar-refractivity contribution < 1.29 is 4.74 Å². The largest absolute Gasteiger partial charge is 0.496 e. The van der Waals surface area contributed by atoms with Crippen LogP contribution in [-0.4, -0.2) is 25.1 Å². The Kier molecular flexibility index (Phi) is 5.95. The van der Waals surface area contributed by atoms with E-state index < -0.39 is 11.3 Å². The molecular weight excluding hydrogens is 446 g/mol. The summed E-state index contributed by atoms with van der Waals surface area (Å²) in [5, 5.41) is 32.8. The van der Waals surface area contributed by atoms with Gasteiger partial charge in [0.05, 0.1) is 30.5 Å². The number of methoxy groups -OCH3 is 1. The lowest BCUT2D eigenvalue weighted by Crippen LogP contribution is -2.47. The molecule has 1 aliphatic heterocycles. The molecule has 2 aliphatic rings. The summed E-state index contributed by atoms with van der Waals surface area (Å²) >= 11 is 0. The van der Waals surface area contributed by atoms with E-state index in [1.807, 2.05) is 60.7 Å². The second-order valence-electron chi connectivity index (χ2n) is 9.26. The maximum atomic E-state index is 10.5. The average Bonchev–Trinajstić information content (AvgIpc) is 2.93. The molecule has 5 rings (SSSR count). The zero-order valence-electron chi connectivity index (χ0n) is 20.0. The number of nitriles is 3. The van der Waals surface area contributed by atoms with Gasteiger partial charge in [-0.05, 0) is 28.2 Å². The third-order valence-electron chi connectivity index (χ3n) is 7.46. The highest BCUT2D eigenvalue weighted by atomic mass is 16.5. The minimum Gasteiger partial charge on any atom is -0.496 e. The van der Waals surface area contributed by atoms with Crippen molar-refractivity contribution in [1.82, 2.24) is 4.90 Å². The molecule has 0 bridgehead atoms. The first-order chi connectivity index (χ1) is 17.6. The summed E-state index contributed by atoms with van der Waals surface area (Å²) in [6.45, 7) is 1.97. The molecule has 0 unspecified atom stereocenters. The van der Waals surface area contributed by atoms with E-state index in [4.69, 9.17) is 10.5 Å². The van der Waals surface area contributed by atoms with Crippen molar-refractivity contribution in [2.24, 2.45) is 17.1 Å². The average molecular weight is 472 g/mol. The SMILES string of the molecule is COc1ccc([C@@H]2[C@H]3CN(Cc4ccccc4)CC=C3C(C#N)=C(N)C2(C#N)C#N)c2ccccc12. The van der Waals surface area contributed by atoms with Crippen molar-refractivity contribution >= 4 is 10.8 Å². The fourth-order valence-corrected chi connectivity index (χ4v) is 5.80. The summed E-state index contributed by atoms with van der Waals surface area (Å²) in [6, 6.07) is 28.6. The number of allylic oxidation sites excluding steroid dienone is 2. The lowest BCUT2D eigenvalue weighted by molar-refractivity contribution is 0.201. The van der Waals surface area contributed by atoms with Crippen LogP contribution in [0.15, 0.2) is 89.6 Å².